The van der Waals surface area contributed by atoms with Crippen LogP contribution in [0.4, 0.5) is 0 Å². The molecule has 0 spiro atoms. The average molecular weight is 449 g/mol. The van der Waals surface area contributed by atoms with Crippen LogP contribution in [0.5, 0.6) is 0 Å². The van der Waals surface area contributed by atoms with Crippen molar-refractivity contribution in [3.05, 3.63) is 74.8 Å². The van der Waals surface area contributed by atoms with E-state index in [-0.39, 0.29) is 23.7 Å². The molecule has 1 saturated heterocycles. The number of rotatable bonds is 4. The van der Waals surface area contributed by atoms with Gasteiger partial charge in [-0.2, -0.15) is 0 Å². The molecule has 1 fully saturated rings. The molecule has 0 aliphatic carbocycles. The summed E-state index contributed by atoms with van der Waals surface area (Å²) in [5.41, 5.74) is 4.77. The van der Waals surface area contributed by atoms with E-state index in [4.69, 9.17) is 4.74 Å². The summed E-state index contributed by atoms with van der Waals surface area (Å²) in [6, 6.07) is 6.06. The summed E-state index contributed by atoms with van der Waals surface area (Å²) in [7, 11) is 1.80. The van der Waals surface area contributed by atoms with Gasteiger partial charge in [0.1, 0.15) is 18.2 Å². The van der Waals surface area contributed by atoms with E-state index in [0.29, 0.717) is 30.4 Å². The highest BCUT2D eigenvalue weighted by Crippen LogP contribution is 2.31. The fourth-order valence-corrected chi connectivity index (χ4v) is 4.92. The Morgan fingerprint density at radius 3 is 2.79 bits per heavy atom. The maximum atomic E-state index is 12.9. The predicted molar refractivity (Wildman–Crippen MR) is 122 cm³/mol. The first-order chi connectivity index (χ1) is 15.8. The Morgan fingerprint density at radius 2 is 2.00 bits per heavy atom. The van der Waals surface area contributed by atoms with Crippen LogP contribution < -0.4 is 11.0 Å². The molecular weight excluding hydrogens is 420 g/mol. The zero-order valence-corrected chi connectivity index (χ0v) is 19.3. The van der Waals surface area contributed by atoms with Crippen molar-refractivity contribution in [3.63, 3.8) is 0 Å². The summed E-state index contributed by atoms with van der Waals surface area (Å²) in [6.07, 6.45) is 3.53. The minimum Gasteiger partial charge on any atom is -0.457 e. The van der Waals surface area contributed by atoms with Crippen molar-refractivity contribution in [2.24, 2.45) is 7.05 Å². The van der Waals surface area contributed by atoms with Crippen molar-refractivity contribution >= 4 is 5.97 Å². The van der Waals surface area contributed by atoms with E-state index in [9.17, 15) is 9.59 Å². The van der Waals surface area contributed by atoms with Crippen LogP contribution in [0, 0.1) is 13.8 Å². The molecule has 9 nitrogen and oxygen atoms in total. The Morgan fingerprint density at radius 1 is 1.18 bits per heavy atom. The van der Waals surface area contributed by atoms with Crippen LogP contribution in [-0.4, -0.2) is 49.1 Å². The number of cyclic esters (lactones) is 1. The highest BCUT2D eigenvalue weighted by Gasteiger charge is 2.30. The Bertz CT molecular complexity index is 1290. The molecule has 2 aliphatic rings. The van der Waals surface area contributed by atoms with Gasteiger partial charge in [-0.1, -0.05) is 6.07 Å². The molecule has 2 atom stereocenters. The predicted octanol–water partition coefficient (Wildman–Crippen LogP) is 1.79. The summed E-state index contributed by atoms with van der Waals surface area (Å²) in [5, 5.41) is 3.70. The first-order valence-corrected chi connectivity index (χ1v) is 11.2. The number of piperazine rings is 1. The monoisotopic (exact) mass is 448 g/mol. The standard InChI is InChI=1S/C24H28N6O3/c1-14-9-29(10-17-11-30(24(32)28(17)4)22-7-8-25-16(3)27-22)12-21(26-14)18-5-6-19-20(15(18)2)13-33-23(19)31/h5-8,11,14,21,26H,9-10,12-13H2,1-4H3/t14-,21-/m0/s1. The zero-order chi connectivity index (χ0) is 23.3. The first kappa shape index (κ1) is 21.5. The molecular formula is C24H28N6O3. The third-order valence-corrected chi connectivity index (χ3v) is 6.64. The van der Waals surface area contributed by atoms with E-state index in [1.165, 1.54) is 5.56 Å². The molecule has 0 unspecified atom stereocenters. The highest BCUT2D eigenvalue weighted by atomic mass is 16.5. The largest absolute Gasteiger partial charge is 0.457 e. The number of carbonyl (C=O) groups excluding carboxylic acids is 1. The lowest BCUT2D eigenvalue weighted by Crippen LogP contribution is -2.51. The van der Waals surface area contributed by atoms with Gasteiger partial charge in [-0.05, 0) is 44.0 Å². The second-order valence-corrected chi connectivity index (χ2v) is 8.99. The molecule has 2 aliphatic heterocycles. The lowest BCUT2D eigenvalue weighted by atomic mass is 9.92. The maximum absolute atomic E-state index is 12.9. The molecule has 1 N–H and O–H groups in total. The van der Waals surface area contributed by atoms with Gasteiger partial charge in [0, 0.05) is 56.7 Å². The highest BCUT2D eigenvalue weighted by molar-refractivity contribution is 5.94. The molecule has 4 heterocycles. The Balaban J connectivity index is 1.40. The topological polar surface area (TPSA) is 94.3 Å². The van der Waals surface area contributed by atoms with Gasteiger partial charge in [0.25, 0.3) is 0 Å². The number of hydrogen-bond acceptors (Lipinski definition) is 7. The van der Waals surface area contributed by atoms with Crippen molar-refractivity contribution in [3.8, 4) is 5.82 Å². The normalized spacial score (nSPS) is 20.7. The van der Waals surface area contributed by atoms with E-state index in [2.05, 4.69) is 34.0 Å². The fraction of sp³-hybridized carbons (Fsp3) is 0.417. The summed E-state index contributed by atoms with van der Waals surface area (Å²) in [4.78, 5) is 35.7. The number of benzene rings is 1. The number of carbonyl (C=O) groups is 1. The minimum atomic E-state index is -0.240. The number of nitrogens with one attached hydrogen (secondary N) is 1. The van der Waals surface area contributed by atoms with E-state index >= 15 is 0 Å². The van der Waals surface area contributed by atoms with Crippen molar-refractivity contribution in [2.45, 2.75) is 46.0 Å². The molecule has 0 bridgehead atoms. The third kappa shape index (κ3) is 3.87. The number of imidazole rings is 1. The third-order valence-electron chi connectivity index (χ3n) is 6.64. The second-order valence-electron chi connectivity index (χ2n) is 8.99. The molecule has 0 saturated carbocycles. The Kier molecular flexibility index (Phi) is 5.38. The van der Waals surface area contributed by atoms with Gasteiger partial charge in [0.2, 0.25) is 0 Å². The lowest BCUT2D eigenvalue weighted by Gasteiger charge is -2.38. The molecule has 9 heteroatoms. The van der Waals surface area contributed by atoms with Crippen LogP contribution in [0.25, 0.3) is 5.82 Å². The molecule has 172 valence electrons. The van der Waals surface area contributed by atoms with E-state index < -0.39 is 0 Å². The number of fused-ring (bicyclic) bond motifs is 1. The zero-order valence-electron chi connectivity index (χ0n) is 19.3. The molecule has 1 aromatic carbocycles. The molecule has 5 rings (SSSR count). The Hall–Kier alpha value is -3.30. The van der Waals surface area contributed by atoms with Gasteiger partial charge in [0.15, 0.2) is 0 Å². The number of nitrogens with zero attached hydrogens (tertiary/aromatic N) is 5. The van der Waals surface area contributed by atoms with Crippen LogP contribution in [0.3, 0.4) is 0 Å². The fourth-order valence-electron chi connectivity index (χ4n) is 4.92. The quantitative estimate of drug-likeness (QED) is 0.608. The van der Waals surface area contributed by atoms with E-state index in [1.54, 1.807) is 28.4 Å². The minimum absolute atomic E-state index is 0.123. The van der Waals surface area contributed by atoms with Crippen LogP contribution in [0.1, 0.15) is 51.5 Å². The number of aromatic nitrogens is 4. The van der Waals surface area contributed by atoms with Crippen LogP contribution in [-0.2, 0) is 24.9 Å². The lowest BCUT2D eigenvalue weighted by molar-refractivity contribution is 0.0535. The van der Waals surface area contributed by atoms with Crippen molar-refractivity contribution < 1.29 is 9.53 Å². The summed E-state index contributed by atoms with van der Waals surface area (Å²) >= 11 is 0. The van der Waals surface area contributed by atoms with Gasteiger partial charge >= 0.3 is 11.7 Å². The van der Waals surface area contributed by atoms with Crippen molar-refractivity contribution in [2.75, 3.05) is 13.1 Å². The molecule has 2 aromatic heterocycles. The molecule has 33 heavy (non-hydrogen) atoms. The number of ether oxygens (including phenoxy) is 1. The first-order valence-electron chi connectivity index (χ1n) is 11.2. The smallest absolute Gasteiger partial charge is 0.338 e. The van der Waals surface area contributed by atoms with Gasteiger partial charge in [0.05, 0.1) is 11.3 Å². The summed E-state index contributed by atoms with van der Waals surface area (Å²) < 4.78 is 8.49. The average Bonchev–Trinajstić information content (AvgIpc) is 3.29. The van der Waals surface area contributed by atoms with Crippen LogP contribution in [0.2, 0.25) is 0 Å². The van der Waals surface area contributed by atoms with Crippen molar-refractivity contribution in [1.29, 1.82) is 0 Å². The van der Waals surface area contributed by atoms with Gasteiger partial charge in [-0.25, -0.2) is 19.6 Å². The summed E-state index contributed by atoms with van der Waals surface area (Å²) in [6.45, 7) is 8.70. The van der Waals surface area contributed by atoms with Crippen molar-refractivity contribution in [1.82, 2.24) is 29.3 Å². The maximum Gasteiger partial charge on any atom is 0.338 e. The van der Waals surface area contributed by atoms with E-state index in [0.717, 1.165) is 29.9 Å². The second kappa shape index (κ2) is 8.24. The number of aryl methyl sites for hydroxylation is 1. The van der Waals surface area contributed by atoms with Gasteiger partial charge in [-0.3, -0.25) is 14.0 Å². The number of hydrogen-bond donors (Lipinski definition) is 1. The molecule has 0 radical (unpaired) electrons. The summed E-state index contributed by atoms with van der Waals surface area (Å²) in [5.74, 6) is 0.961. The molecule has 3 aromatic rings. The van der Waals surface area contributed by atoms with Crippen LogP contribution >= 0.6 is 0 Å². The molecule has 0 amide bonds. The van der Waals surface area contributed by atoms with Gasteiger partial charge < -0.3 is 10.1 Å². The van der Waals surface area contributed by atoms with Crippen LogP contribution in [0.15, 0.2) is 35.4 Å². The van der Waals surface area contributed by atoms with Gasteiger partial charge in [-0.15, -0.1) is 0 Å². The Labute approximate surface area is 192 Å². The number of esters is 1. The SMILES string of the molecule is Cc1nccc(-n2cc(CN3C[C@@H](c4ccc5c(c4C)COC5=O)N[C@@H](C)C3)n(C)c2=O)n1. The van der Waals surface area contributed by atoms with E-state index in [1.807, 2.05) is 25.3 Å².